The maximum Gasteiger partial charge on any atom is 0.339 e. The molecule has 0 aliphatic carbocycles. The highest BCUT2D eigenvalue weighted by Gasteiger charge is 2.20. The van der Waals surface area contributed by atoms with E-state index in [1.807, 2.05) is 0 Å². The van der Waals surface area contributed by atoms with Crippen molar-refractivity contribution in [2.24, 2.45) is 0 Å². The Kier molecular flexibility index (Phi) is 3.41. The van der Waals surface area contributed by atoms with Gasteiger partial charge in [-0.3, -0.25) is 0 Å². The summed E-state index contributed by atoms with van der Waals surface area (Å²) in [7, 11) is 0. The molecule has 0 saturated heterocycles. The molecular weight excluding hydrogens is 307 g/mol. The first-order chi connectivity index (χ1) is 11.0. The molecule has 8 heteroatoms. The molecule has 3 aromatic rings. The molecule has 2 aromatic carbocycles. The Balaban J connectivity index is 2.09. The van der Waals surface area contributed by atoms with Crippen molar-refractivity contribution in [1.82, 2.24) is 10.1 Å². The van der Waals surface area contributed by atoms with Crippen molar-refractivity contribution in [3.8, 4) is 34.3 Å². The number of phenols is 2. The Labute approximate surface area is 128 Å². The number of aromatic nitrogens is 2. The quantitative estimate of drug-likeness (QED) is 0.680. The topological polar surface area (TPSA) is 117 Å². The molecule has 0 aliphatic rings. The number of nitrogens with zero attached hydrogens (tertiary/aromatic N) is 2. The number of hydrogen-bond acceptors (Lipinski definition) is 6. The Morgan fingerprint density at radius 1 is 1.09 bits per heavy atom. The zero-order chi connectivity index (χ0) is 16.6. The normalized spacial score (nSPS) is 10.7. The van der Waals surface area contributed by atoms with Crippen LogP contribution in [0.2, 0.25) is 0 Å². The molecule has 116 valence electrons. The number of rotatable bonds is 3. The first-order valence-electron chi connectivity index (χ1n) is 6.35. The van der Waals surface area contributed by atoms with Gasteiger partial charge in [-0.25, -0.2) is 9.18 Å². The fourth-order valence-electron chi connectivity index (χ4n) is 2.00. The summed E-state index contributed by atoms with van der Waals surface area (Å²) in [6.07, 6.45) is 0. The average Bonchev–Trinajstić information content (AvgIpc) is 2.96. The zero-order valence-electron chi connectivity index (χ0n) is 11.4. The summed E-state index contributed by atoms with van der Waals surface area (Å²) in [5, 5.41) is 31.9. The summed E-state index contributed by atoms with van der Waals surface area (Å²) in [6, 6.07) is 7.61. The van der Waals surface area contributed by atoms with Gasteiger partial charge in [0.25, 0.3) is 5.89 Å². The van der Waals surface area contributed by atoms with Crippen molar-refractivity contribution in [2.75, 3.05) is 0 Å². The van der Waals surface area contributed by atoms with E-state index in [4.69, 9.17) is 9.63 Å². The Hall–Kier alpha value is -3.42. The summed E-state index contributed by atoms with van der Waals surface area (Å²) in [5.74, 6) is -3.25. The fourth-order valence-corrected chi connectivity index (χ4v) is 2.00. The van der Waals surface area contributed by atoms with Crippen molar-refractivity contribution in [3.63, 3.8) is 0 Å². The van der Waals surface area contributed by atoms with E-state index in [2.05, 4.69) is 10.1 Å². The Morgan fingerprint density at radius 3 is 2.52 bits per heavy atom. The predicted octanol–water partition coefficient (Wildman–Crippen LogP) is 2.65. The molecule has 0 radical (unpaired) electrons. The van der Waals surface area contributed by atoms with Crippen molar-refractivity contribution >= 4 is 5.97 Å². The molecule has 0 atom stereocenters. The number of halogens is 1. The van der Waals surface area contributed by atoms with Crippen molar-refractivity contribution in [3.05, 3.63) is 47.8 Å². The van der Waals surface area contributed by atoms with Crippen LogP contribution in [-0.4, -0.2) is 31.4 Å². The van der Waals surface area contributed by atoms with E-state index in [9.17, 15) is 19.4 Å². The number of hydrogen-bond donors (Lipinski definition) is 3. The Bertz CT molecular complexity index is 907. The van der Waals surface area contributed by atoms with Crippen LogP contribution < -0.4 is 0 Å². The summed E-state index contributed by atoms with van der Waals surface area (Å²) >= 11 is 0. The lowest BCUT2D eigenvalue weighted by Gasteiger charge is -2.04. The number of aromatic hydroxyl groups is 2. The van der Waals surface area contributed by atoms with Crippen LogP contribution >= 0.6 is 0 Å². The summed E-state index contributed by atoms with van der Waals surface area (Å²) < 4.78 is 18.7. The van der Waals surface area contributed by atoms with Gasteiger partial charge in [-0.1, -0.05) is 17.3 Å². The Morgan fingerprint density at radius 2 is 1.83 bits per heavy atom. The molecule has 3 N–H and O–H groups in total. The molecular formula is C15H9FN2O5. The van der Waals surface area contributed by atoms with Crippen LogP contribution in [0, 0.1) is 5.82 Å². The monoisotopic (exact) mass is 316 g/mol. The molecule has 1 aromatic heterocycles. The summed E-state index contributed by atoms with van der Waals surface area (Å²) in [5.41, 5.74) is -0.426. The molecule has 0 amide bonds. The SMILES string of the molecule is O=C(O)c1cc(-c2noc(-c3ccccc3F)n2)c(O)cc1O. The second kappa shape index (κ2) is 5.41. The van der Waals surface area contributed by atoms with E-state index in [0.717, 1.165) is 12.1 Å². The van der Waals surface area contributed by atoms with Crippen molar-refractivity contribution < 1.29 is 29.0 Å². The minimum Gasteiger partial charge on any atom is -0.507 e. The van der Waals surface area contributed by atoms with E-state index in [-0.39, 0.29) is 22.8 Å². The van der Waals surface area contributed by atoms with Crippen LogP contribution in [0.3, 0.4) is 0 Å². The third-order valence-corrected chi connectivity index (χ3v) is 3.12. The second-order valence-electron chi connectivity index (χ2n) is 4.59. The van der Waals surface area contributed by atoms with Crippen LogP contribution in [0.1, 0.15) is 10.4 Å². The van der Waals surface area contributed by atoms with Crippen molar-refractivity contribution in [1.29, 1.82) is 0 Å². The van der Waals surface area contributed by atoms with Gasteiger partial charge in [0.15, 0.2) is 0 Å². The first-order valence-corrected chi connectivity index (χ1v) is 6.35. The number of benzene rings is 2. The third kappa shape index (κ3) is 2.57. The van der Waals surface area contributed by atoms with Gasteiger partial charge >= 0.3 is 5.97 Å². The van der Waals surface area contributed by atoms with Gasteiger partial charge in [0.1, 0.15) is 22.9 Å². The standard InChI is InChI=1S/C15H9FN2O5/c16-10-4-2-1-3-7(10)14-17-13(18-23-14)8-5-9(15(21)22)12(20)6-11(8)19/h1-6,19-20H,(H,21,22). The van der Waals surface area contributed by atoms with Gasteiger partial charge in [-0.15, -0.1) is 0 Å². The molecule has 0 spiro atoms. The van der Waals surface area contributed by atoms with Gasteiger partial charge in [0.2, 0.25) is 5.82 Å². The summed E-state index contributed by atoms with van der Waals surface area (Å²) in [6.45, 7) is 0. The molecule has 0 unspecified atom stereocenters. The highest BCUT2D eigenvalue weighted by atomic mass is 19.1. The smallest absolute Gasteiger partial charge is 0.339 e. The lowest BCUT2D eigenvalue weighted by molar-refractivity contribution is 0.0694. The largest absolute Gasteiger partial charge is 0.507 e. The third-order valence-electron chi connectivity index (χ3n) is 3.12. The molecule has 3 rings (SSSR count). The van der Waals surface area contributed by atoms with Gasteiger partial charge in [0, 0.05) is 6.07 Å². The van der Waals surface area contributed by atoms with Crippen LogP contribution in [0.5, 0.6) is 11.5 Å². The van der Waals surface area contributed by atoms with Crippen LogP contribution in [0.15, 0.2) is 40.9 Å². The highest BCUT2D eigenvalue weighted by Crippen LogP contribution is 2.34. The molecule has 7 nitrogen and oxygen atoms in total. The minimum atomic E-state index is -1.39. The molecule has 0 aliphatic heterocycles. The van der Waals surface area contributed by atoms with E-state index in [0.29, 0.717) is 0 Å². The average molecular weight is 316 g/mol. The van der Waals surface area contributed by atoms with Crippen LogP contribution in [0.25, 0.3) is 22.8 Å². The molecule has 0 bridgehead atoms. The van der Waals surface area contributed by atoms with E-state index in [1.165, 1.54) is 18.2 Å². The number of carbonyl (C=O) groups is 1. The van der Waals surface area contributed by atoms with E-state index in [1.54, 1.807) is 6.07 Å². The van der Waals surface area contributed by atoms with E-state index >= 15 is 0 Å². The number of carboxylic acid groups (broad SMARTS) is 1. The second-order valence-corrected chi connectivity index (χ2v) is 4.59. The first kappa shape index (κ1) is 14.5. The molecule has 0 saturated carbocycles. The van der Waals surface area contributed by atoms with Gasteiger partial charge < -0.3 is 19.8 Å². The molecule has 1 heterocycles. The lowest BCUT2D eigenvalue weighted by Crippen LogP contribution is -1.97. The van der Waals surface area contributed by atoms with Gasteiger partial charge in [-0.2, -0.15) is 4.98 Å². The fraction of sp³-hybridized carbons (Fsp3) is 0. The predicted molar refractivity (Wildman–Crippen MR) is 75.4 cm³/mol. The minimum absolute atomic E-state index is 0.0634. The van der Waals surface area contributed by atoms with Crippen LogP contribution in [-0.2, 0) is 0 Å². The number of aromatic carboxylic acids is 1. The highest BCUT2D eigenvalue weighted by molar-refractivity contribution is 5.93. The lowest BCUT2D eigenvalue weighted by atomic mass is 10.1. The zero-order valence-corrected chi connectivity index (χ0v) is 11.4. The summed E-state index contributed by atoms with van der Waals surface area (Å²) in [4.78, 5) is 15.0. The van der Waals surface area contributed by atoms with Gasteiger partial charge in [-0.05, 0) is 18.2 Å². The maximum atomic E-state index is 13.7. The van der Waals surface area contributed by atoms with Crippen molar-refractivity contribution in [2.45, 2.75) is 0 Å². The van der Waals surface area contributed by atoms with Gasteiger partial charge in [0.05, 0.1) is 11.1 Å². The molecule has 23 heavy (non-hydrogen) atoms. The van der Waals surface area contributed by atoms with E-state index < -0.39 is 28.8 Å². The molecule has 0 fully saturated rings. The maximum absolute atomic E-state index is 13.7. The number of carboxylic acids is 1. The van der Waals surface area contributed by atoms with Crippen LogP contribution in [0.4, 0.5) is 4.39 Å². The number of phenolic OH excluding ortho intramolecular Hbond substituents is 1.